The molecule has 1 N–H and O–H groups in total. The minimum Gasteiger partial charge on any atom is -0.315 e. The maximum Gasteiger partial charge on any atom is 0.147 e. The van der Waals surface area contributed by atoms with Crippen molar-refractivity contribution in [1.82, 2.24) is 25.0 Å². The van der Waals surface area contributed by atoms with Crippen LogP contribution in [0.2, 0.25) is 0 Å². The molecule has 1 aliphatic heterocycles. The van der Waals surface area contributed by atoms with Gasteiger partial charge in [-0.1, -0.05) is 27.7 Å². The Labute approximate surface area is 110 Å². The van der Waals surface area contributed by atoms with Gasteiger partial charge >= 0.3 is 0 Å². The molecule has 0 aliphatic carbocycles. The molecular weight excluding hydrogens is 226 g/mol. The van der Waals surface area contributed by atoms with Crippen LogP contribution < -0.4 is 5.32 Å². The first-order valence-electron chi connectivity index (χ1n) is 6.83. The van der Waals surface area contributed by atoms with Gasteiger partial charge in [-0.3, -0.25) is 4.90 Å². The van der Waals surface area contributed by atoms with E-state index in [-0.39, 0.29) is 5.41 Å². The Balaban J connectivity index is 1.97. The molecule has 0 aromatic carbocycles. The Hall–Kier alpha value is -0.940. The first-order valence-corrected chi connectivity index (χ1v) is 6.83. The molecule has 0 saturated heterocycles. The zero-order valence-corrected chi connectivity index (χ0v) is 12.0. The zero-order valence-electron chi connectivity index (χ0n) is 12.0. The van der Waals surface area contributed by atoms with Gasteiger partial charge in [0.1, 0.15) is 12.2 Å². The summed E-state index contributed by atoms with van der Waals surface area (Å²) < 4.78 is 2.15. The fourth-order valence-corrected chi connectivity index (χ4v) is 2.42. The molecule has 18 heavy (non-hydrogen) atoms. The van der Waals surface area contributed by atoms with Gasteiger partial charge < -0.3 is 9.88 Å². The molecule has 0 fully saturated rings. The van der Waals surface area contributed by atoms with Crippen LogP contribution in [0, 0.1) is 5.41 Å². The van der Waals surface area contributed by atoms with Crippen molar-refractivity contribution in [2.24, 2.45) is 5.41 Å². The van der Waals surface area contributed by atoms with Gasteiger partial charge in [0.2, 0.25) is 0 Å². The predicted molar refractivity (Wildman–Crippen MR) is 72.2 cm³/mol. The van der Waals surface area contributed by atoms with Gasteiger partial charge in [0.15, 0.2) is 0 Å². The summed E-state index contributed by atoms with van der Waals surface area (Å²) in [4.78, 5) is 2.47. The molecule has 1 unspecified atom stereocenters. The number of nitrogens with one attached hydrogen (secondary N) is 1. The van der Waals surface area contributed by atoms with Crippen molar-refractivity contribution in [1.29, 1.82) is 0 Å². The second-order valence-corrected chi connectivity index (χ2v) is 6.15. The fourth-order valence-electron chi connectivity index (χ4n) is 2.42. The van der Waals surface area contributed by atoms with E-state index in [1.165, 1.54) is 0 Å². The van der Waals surface area contributed by atoms with Crippen LogP contribution in [0.3, 0.4) is 0 Å². The maximum atomic E-state index is 4.17. The first kappa shape index (κ1) is 13.5. The highest BCUT2D eigenvalue weighted by atomic mass is 15.3. The molecule has 0 bridgehead atoms. The highest BCUT2D eigenvalue weighted by Crippen LogP contribution is 2.21. The van der Waals surface area contributed by atoms with Crippen LogP contribution in [0.15, 0.2) is 6.33 Å². The summed E-state index contributed by atoms with van der Waals surface area (Å²) in [6.07, 6.45) is 1.83. The van der Waals surface area contributed by atoms with Crippen molar-refractivity contribution in [3.8, 4) is 0 Å². The Morgan fingerprint density at radius 2 is 2.17 bits per heavy atom. The van der Waals surface area contributed by atoms with Crippen molar-refractivity contribution >= 4 is 0 Å². The topological polar surface area (TPSA) is 46.0 Å². The van der Waals surface area contributed by atoms with Gasteiger partial charge in [-0.05, 0) is 12.0 Å². The molecule has 0 amide bonds. The largest absolute Gasteiger partial charge is 0.315 e. The van der Waals surface area contributed by atoms with Crippen LogP contribution in [0.4, 0.5) is 0 Å². The van der Waals surface area contributed by atoms with Gasteiger partial charge in [0.05, 0.1) is 6.54 Å². The molecule has 2 heterocycles. The number of hydrogen-bond acceptors (Lipinski definition) is 4. The molecule has 5 nitrogen and oxygen atoms in total. The number of aromatic nitrogens is 3. The highest BCUT2D eigenvalue weighted by molar-refractivity contribution is 4.92. The third-order valence-electron chi connectivity index (χ3n) is 3.65. The van der Waals surface area contributed by atoms with Gasteiger partial charge in [-0.15, -0.1) is 10.2 Å². The van der Waals surface area contributed by atoms with Crippen molar-refractivity contribution in [3.63, 3.8) is 0 Å². The van der Waals surface area contributed by atoms with Crippen LogP contribution in [-0.4, -0.2) is 45.3 Å². The van der Waals surface area contributed by atoms with E-state index in [4.69, 9.17) is 0 Å². The van der Waals surface area contributed by atoms with E-state index in [1.807, 2.05) is 6.33 Å². The smallest absolute Gasteiger partial charge is 0.147 e. The fraction of sp³-hybridized carbons (Fsp3) is 0.846. The van der Waals surface area contributed by atoms with Crippen molar-refractivity contribution in [2.45, 2.75) is 46.8 Å². The Kier molecular flexibility index (Phi) is 4.02. The molecule has 0 saturated carbocycles. The number of likely N-dealkylation sites (N-methyl/N-ethyl adjacent to an activating group) is 1. The summed E-state index contributed by atoms with van der Waals surface area (Å²) in [6.45, 7) is 14.2. The van der Waals surface area contributed by atoms with Gasteiger partial charge in [-0.2, -0.15) is 0 Å². The lowest BCUT2D eigenvalue weighted by Gasteiger charge is -2.37. The second kappa shape index (κ2) is 5.36. The lowest BCUT2D eigenvalue weighted by atomic mass is 9.86. The number of fused-ring (bicyclic) bond motifs is 1. The predicted octanol–water partition coefficient (Wildman–Crippen LogP) is 1.12. The summed E-state index contributed by atoms with van der Waals surface area (Å²) in [5.41, 5.74) is 0.279. The Morgan fingerprint density at radius 3 is 2.83 bits per heavy atom. The zero-order chi connectivity index (χ0) is 13.2. The normalized spacial score (nSPS) is 18.7. The molecule has 0 radical (unpaired) electrons. The summed E-state index contributed by atoms with van der Waals surface area (Å²) in [5.74, 6) is 1.09. The van der Waals surface area contributed by atoms with Crippen LogP contribution in [0.1, 0.15) is 33.5 Å². The Morgan fingerprint density at radius 1 is 1.39 bits per heavy atom. The third-order valence-corrected chi connectivity index (χ3v) is 3.65. The molecule has 5 heteroatoms. The monoisotopic (exact) mass is 251 g/mol. The van der Waals surface area contributed by atoms with Crippen molar-refractivity contribution in [3.05, 3.63) is 12.2 Å². The first-order chi connectivity index (χ1) is 8.50. The van der Waals surface area contributed by atoms with Crippen LogP contribution >= 0.6 is 0 Å². The molecular formula is C13H25N5. The SMILES string of the molecule is CCNC(CN1CCn2cnnc2C1)C(C)(C)C. The second-order valence-electron chi connectivity index (χ2n) is 6.15. The molecule has 102 valence electrons. The molecule has 1 aromatic rings. The van der Waals surface area contributed by atoms with E-state index in [9.17, 15) is 0 Å². The van der Waals surface area contributed by atoms with Crippen molar-refractivity contribution < 1.29 is 0 Å². The average molecular weight is 251 g/mol. The summed E-state index contributed by atoms with van der Waals surface area (Å²) in [6, 6.07) is 0.511. The maximum absolute atomic E-state index is 4.17. The van der Waals surface area contributed by atoms with E-state index in [0.29, 0.717) is 6.04 Å². The number of rotatable bonds is 4. The summed E-state index contributed by atoms with van der Waals surface area (Å²) in [7, 11) is 0. The molecule has 1 aliphatic rings. The van der Waals surface area contributed by atoms with Crippen LogP contribution in [-0.2, 0) is 13.1 Å². The van der Waals surface area contributed by atoms with E-state index in [2.05, 4.69) is 52.7 Å². The molecule has 1 atom stereocenters. The number of nitrogens with zero attached hydrogens (tertiary/aromatic N) is 4. The van der Waals surface area contributed by atoms with Gasteiger partial charge in [0, 0.05) is 25.7 Å². The molecule has 1 aromatic heterocycles. The summed E-state index contributed by atoms with van der Waals surface area (Å²) in [5, 5.41) is 11.7. The van der Waals surface area contributed by atoms with E-state index >= 15 is 0 Å². The molecule has 2 rings (SSSR count). The van der Waals surface area contributed by atoms with E-state index in [0.717, 1.165) is 38.5 Å². The van der Waals surface area contributed by atoms with E-state index in [1.54, 1.807) is 0 Å². The van der Waals surface area contributed by atoms with Gasteiger partial charge in [0.25, 0.3) is 0 Å². The van der Waals surface area contributed by atoms with Crippen molar-refractivity contribution in [2.75, 3.05) is 19.6 Å². The highest BCUT2D eigenvalue weighted by Gasteiger charge is 2.27. The lowest BCUT2D eigenvalue weighted by molar-refractivity contribution is 0.147. The molecule has 0 spiro atoms. The quantitative estimate of drug-likeness (QED) is 0.871. The van der Waals surface area contributed by atoms with Crippen LogP contribution in [0.25, 0.3) is 0 Å². The third kappa shape index (κ3) is 3.09. The Bertz CT molecular complexity index is 379. The van der Waals surface area contributed by atoms with Gasteiger partial charge in [-0.25, -0.2) is 0 Å². The average Bonchev–Trinajstić information content (AvgIpc) is 2.74. The lowest BCUT2D eigenvalue weighted by Crippen LogP contribution is -2.50. The van der Waals surface area contributed by atoms with E-state index < -0.39 is 0 Å². The standard InChI is InChI=1S/C13H25N5/c1-5-14-11(13(2,3)4)8-17-6-7-18-10-15-16-12(18)9-17/h10-11,14H,5-9H2,1-4H3. The number of hydrogen-bond donors (Lipinski definition) is 1. The summed E-state index contributed by atoms with van der Waals surface area (Å²) >= 11 is 0. The minimum absolute atomic E-state index is 0.279. The minimum atomic E-state index is 0.279. The van der Waals surface area contributed by atoms with Crippen LogP contribution in [0.5, 0.6) is 0 Å².